The molecule has 1 amide bonds. The first kappa shape index (κ1) is 19.1. The summed E-state index contributed by atoms with van der Waals surface area (Å²) in [5.74, 6) is -2.03. The first-order chi connectivity index (χ1) is 11.1. The molecule has 0 radical (unpaired) electrons. The molecule has 8 nitrogen and oxygen atoms in total. The molecule has 9 heteroatoms. The molecule has 24 heavy (non-hydrogen) atoms. The van der Waals surface area contributed by atoms with Gasteiger partial charge in [0.25, 0.3) is 0 Å². The van der Waals surface area contributed by atoms with Crippen molar-refractivity contribution in [3.05, 3.63) is 0 Å². The van der Waals surface area contributed by atoms with Crippen LogP contribution in [0.5, 0.6) is 0 Å². The van der Waals surface area contributed by atoms with Gasteiger partial charge in [-0.3, -0.25) is 9.69 Å². The van der Waals surface area contributed by atoms with Crippen LogP contribution in [0.2, 0.25) is 0 Å². The second kappa shape index (κ2) is 6.97. The second-order valence-electron chi connectivity index (χ2n) is 7.09. The number of carboxylic acids is 1. The van der Waals surface area contributed by atoms with Gasteiger partial charge in [0.2, 0.25) is 15.9 Å². The van der Waals surface area contributed by atoms with Crippen LogP contribution in [-0.2, 0) is 19.6 Å². The van der Waals surface area contributed by atoms with Crippen LogP contribution < -0.4 is 0 Å². The number of aliphatic carboxylic acids is 1. The van der Waals surface area contributed by atoms with Gasteiger partial charge in [-0.15, -0.1) is 0 Å². The Balaban J connectivity index is 2.04. The third-order valence-electron chi connectivity index (χ3n) is 5.07. The number of carbonyl (C=O) groups excluding carboxylic acids is 1. The summed E-state index contributed by atoms with van der Waals surface area (Å²) in [7, 11) is -0.164. The Morgan fingerprint density at radius 2 is 1.83 bits per heavy atom. The van der Waals surface area contributed by atoms with Crippen molar-refractivity contribution in [3.63, 3.8) is 0 Å². The normalized spacial score (nSPS) is 27.0. The largest absolute Gasteiger partial charge is 0.480 e. The molecule has 2 aliphatic heterocycles. The quantitative estimate of drug-likeness (QED) is 0.707. The van der Waals surface area contributed by atoms with E-state index in [-0.39, 0.29) is 18.4 Å². The van der Waals surface area contributed by atoms with Gasteiger partial charge < -0.3 is 10.0 Å². The third-order valence-corrected chi connectivity index (χ3v) is 7.41. The van der Waals surface area contributed by atoms with Crippen molar-refractivity contribution in [1.29, 1.82) is 0 Å². The number of carboxylic acid groups (broad SMARTS) is 1. The first-order valence-corrected chi connectivity index (χ1v) is 9.76. The lowest BCUT2D eigenvalue weighted by Gasteiger charge is -2.39. The van der Waals surface area contributed by atoms with Crippen LogP contribution in [-0.4, -0.2) is 84.7 Å². The molecule has 138 valence electrons. The van der Waals surface area contributed by atoms with Gasteiger partial charge in [0, 0.05) is 26.7 Å². The van der Waals surface area contributed by atoms with Gasteiger partial charge in [0.05, 0.1) is 5.92 Å². The minimum atomic E-state index is -3.42. The molecule has 0 aliphatic carbocycles. The van der Waals surface area contributed by atoms with Crippen LogP contribution in [0, 0.1) is 11.8 Å². The number of sulfonamides is 1. The van der Waals surface area contributed by atoms with E-state index < -0.39 is 33.3 Å². The summed E-state index contributed by atoms with van der Waals surface area (Å²) < 4.78 is 26.5. The molecule has 2 fully saturated rings. The van der Waals surface area contributed by atoms with E-state index in [0.29, 0.717) is 19.4 Å². The van der Waals surface area contributed by atoms with Gasteiger partial charge in [0.15, 0.2) is 0 Å². The first-order valence-electron chi connectivity index (χ1n) is 8.26. The Kier molecular flexibility index (Phi) is 5.56. The summed E-state index contributed by atoms with van der Waals surface area (Å²) in [6.07, 6.45) is 1.05. The number of likely N-dealkylation sites (N-methyl/N-ethyl adjacent to an activating group) is 1. The molecule has 0 unspecified atom stereocenters. The van der Waals surface area contributed by atoms with Gasteiger partial charge in [-0.05, 0) is 25.8 Å². The van der Waals surface area contributed by atoms with E-state index in [9.17, 15) is 23.1 Å². The minimum Gasteiger partial charge on any atom is -0.480 e. The van der Waals surface area contributed by atoms with Crippen LogP contribution >= 0.6 is 0 Å². The fourth-order valence-corrected chi connectivity index (χ4v) is 5.58. The monoisotopic (exact) mass is 361 g/mol. The summed E-state index contributed by atoms with van der Waals surface area (Å²) in [6.45, 7) is 4.72. The number of hydrogen-bond acceptors (Lipinski definition) is 5. The molecule has 3 atom stereocenters. The maximum absolute atomic E-state index is 12.6. The molecule has 0 bridgehead atoms. The number of carbonyl (C=O) groups is 2. The van der Waals surface area contributed by atoms with Crippen molar-refractivity contribution in [3.8, 4) is 0 Å². The van der Waals surface area contributed by atoms with E-state index in [0.717, 1.165) is 6.54 Å². The Morgan fingerprint density at radius 3 is 2.25 bits per heavy atom. The lowest BCUT2D eigenvalue weighted by molar-refractivity contribution is -0.152. The van der Waals surface area contributed by atoms with E-state index in [1.165, 1.54) is 16.3 Å². The Labute approximate surface area is 143 Å². The lowest BCUT2D eigenvalue weighted by atomic mass is 10.0. The van der Waals surface area contributed by atoms with Crippen LogP contribution in [0.1, 0.15) is 26.7 Å². The van der Waals surface area contributed by atoms with Crippen LogP contribution in [0.15, 0.2) is 0 Å². The highest BCUT2D eigenvalue weighted by Gasteiger charge is 2.45. The molecule has 0 aromatic carbocycles. The van der Waals surface area contributed by atoms with Crippen molar-refractivity contribution < 1.29 is 23.1 Å². The number of nitrogens with zero attached hydrogens (tertiary/aromatic N) is 3. The highest BCUT2D eigenvalue weighted by molar-refractivity contribution is 7.89. The number of hydrogen-bond donors (Lipinski definition) is 1. The van der Waals surface area contributed by atoms with Crippen molar-refractivity contribution in [2.24, 2.45) is 11.8 Å². The highest BCUT2D eigenvalue weighted by Crippen LogP contribution is 2.29. The third kappa shape index (κ3) is 3.43. The van der Waals surface area contributed by atoms with Crippen LogP contribution in [0.3, 0.4) is 0 Å². The lowest BCUT2D eigenvalue weighted by Crippen LogP contribution is -2.54. The molecule has 2 rings (SSSR count). The summed E-state index contributed by atoms with van der Waals surface area (Å²) in [6, 6.07) is -0.902. The molecular formula is C15H27N3O5S. The smallest absolute Gasteiger partial charge is 0.326 e. The molecule has 0 saturated carbocycles. The maximum Gasteiger partial charge on any atom is 0.326 e. The zero-order valence-electron chi connectivity index (χ0n) is 14.7. The predicted molar refractivity (Wildman–Crippen MR) is 88.7 cm³/mol. The minimum absolute atomic E-state index is 0.139. The van der Waals surface area contributed by atoms with Crippen LogP contribution in [0.25, 0.3) is 0 Å². The number of amides is 1. The molecule has 2 aliphatic rings. The van der Waals surface area contributed by atoms with Crippen LogP contribution in [0.4, 0.5) is 0 Å². The highest BCUT2D eigenvalue weighted by atomic mass is 32.2. The fraction of sp³-hybridized carbons (Fsp3) is 0.867. The van der Waals surface area contributed by atoms with Gasteiger partial charge in [0.1, 0.15) is 11.4 Å². The Morgan fingerprint density at radius 1 is 1.21 bits per heavy atom. The zero-order chi connectivity index (χ0) is 18.2. The molecule has 0 spiro atoms. The van der Waals surface area contributed by atoms with Gasteiger partial charge in [-0.1, -0.05) is 13.8 Å². The summed E-state index contributed by atoms with van der Waals surface area (Å²) in [5.41, 5.74) is 0. The Hall–Kier alpha value is -1.19. The topological polar surface area (TPSA) is 98.2 Å². The summed E-state index contributed by atoms with van der Waals surface area (Å²) in [4.78, 5) is 27.0. The molecule has 2 saturated heterocycles. The number of likely N-dealkylation sites (tertiary alicyclic amines) is 1. The molecule has 2 heterocycles. The van der Waals surface area contributed by atoms with Gasteiger partial charge in [-0.2, -0.15) is 4.31 Å². The summed E-state index contributed by atoms with van der Waals surface area (Å²) in [5, 5.41) is 8.83. The van der Waals surface area contributed by atoms with Crippen molar-refractivity contribution in [2.45, 2.75) is 38.1 Å². The fourth-order valence-electron chi connectivity index (χ4n) is 3.53. The molecular weight excluding hydrogens is 334 g/mol. The van der Waals surface area contributed by atoms with Gasteiger partial charge in [-0.25, -0.2) is 13.2 Å². The summed E-state index contributed by atoms with van der Waals surface area (Å²) >= 11 is 0. The van der Waals surface area contributed by atoms with E-state index >= 15 is 0 Å². The predicted octanol–water partition coefficient (Wildman–Crippen LogP) is -0.133. The average Bonchev–Trinajstić information content (AvgIpc) is 2.93. The van der Waals surface area contributed by atoms with E-state index in [1.807, 2.05) is 0 Å². The second-order valence-corrected chi connectivity index (χ2v) is 9.18. The van der Waals surface area contributed by atoms with E-state index in [2.05, 4.69) is 0 Å². The molecule has 0 aromatic rings. The maximum atomic E-state index is 12.6. The Bertz CT molecular complexity index is 606. The van der Waals surface area contributed by atoms with Crippen molar-refractivity contribution >= 4 is 21.9 Å². The standard InChI is InChI=1S/C15H27N3O5S/c1-10(2)13(15(20)21)17(4)14(19)11-5-8-18(9-11)24(22,23)12-6-7-16(12)3/h10-13H,5-9H2,1-4H3,(H,20,21)/t11-,12-,13-/m0/s1. The molecule has 1 N–H and O–H groups in total. The average molecular weight is 361 g/mol. The zero-order valence-corrected chi connectivity index (χ0v) is 15.5. The number of rotatable bonds is 6. The SMILES string of the molecule is CC(C)[C@@H](C(=O)O)N(C)C(=O)[C@H]1CCN(S(=O)(=O)[C@H]2CCN2C)C1. The van der Waals surface area contributed by atoms with Crippen molar-refractivity contribution in [1.82, 2.24) is 14.1 Å². The van der Waals surface area contributed by atoms with E-state index in [1.54, 1.807) is 25.8 Å². The van der Waals surface area contributed by atoms with Gasteiger partial charge >= 0.3 is 5.97 Å². The van der Waals surface area contributed by atoms with E-state index in [4.69, 9.17) is 0 Å². The van der Waals surface area contributed by atoms with Crippen molar-refractivity contribution in [2.75, 3.05) is 33.7 Å². The molecule has 0 aromatic heterocycles.